The van der Waals surface area contributed by atoms with Crippen LogP contribution in [0.25, 0.3) is 0 Å². The quantitative estimate of drug-likeness (QED) is 0.561. The van der Waals surface area contributed by atoms with Crippen molar-refractivity contribution in [3.05, 3.63) is 71.8 Å². The molecule has 0 atom stereocenters. The lowest BCUT2D eigenvalue weighted by Gasteiger charge is -2.22. The Morgan fingerprint density at radius 1 is 0.923 bits per heavy atom. The highest BCUT2D eigenvalue weighted by atomic mass is 16.5. The predicted molar refractivity (Wildman–Crippen MR) is 105 cm³/mol. The molecular formula is C23H29NO2. The van der Waals surface area contributed by atoms with Gasteiger partial charge in [0.15, 0.2) is 0 Å². The molecule has 3 rings (SSSR count). The second-order valence-electron chi connectivity index (χ2n) is 7.13. The number of carbonyl (C=O) groups excluding carboxylic acids is 1. The molecule has 3 nitrogen and oxygen atoms in total. The third-order valence-electron chi connectivity index (χ3n) is 5.18. The zero-order chi connectivity index (χ0) is 18.0. The molecule has 1 saturated carbocycles. The molecule has 2 aromatic rings. The summed E-state index contributed by atoms with van der Waals surface area (Å²) >= 11 is 0. The van der Waals surface area contributed by atoms with Gasteiger partial charge in [-0.05, 0) is 36.4 Å². The smallest absolute Gasteiger partial charge is 0.317 e. The summed E-state index contributed by atoms with van der Waals surface area (Å²) in [5.41, 5.74) is 1.94. The Bertz CT molecular complexity index is 611. The molecule has 1 aliphatic carbocycles. The summed E-state index contributed by atoms with van der Waals surface area (Å²) < 4.78 is 5.60. The van der Waals surface area contributed by atoms with E-state index in [1.54, 1.807) is 0 Å². The molecule has 26 heavy (non-hydrogen) atoms. The average Bonchev–Trinajstić information content (AvgIpc) is 2.70. The molecule has 1 aliphatic rings. The summed E-state index contributed by atoms with van der Waals surface area (Å²) in [6, 6.07) is 19.7. The molecule has 138 valence electrons. The monoisotopic (exact) mass is 351 g/mol. The minimum absolute atomic E-state index is 0.179. The van der Waals surface area contributed by atoms with Crippen LogP contribution in [0.15, 0.2) is 60.7 Å². The number of rotatable bonds is 8. The van der Waals surface area contributed by atoms with E-state index < -0.39 is 0 Å². The van der Waals surface area contributed by atoms with Gasteiger partial charge >= 0.3 is 5.97 Å². The molecule has 0 aliphatic heterocycles. The van der Waals surface area contributed by atoms with Crippen molar-refractivity contribution in [1.82, 2.24) is 5.32 Å². The lowest BCUT2D eigenvalue weighted by atomic mass is 9.89. The summed E-state index contributed by atoms with van der Waals surface area (Å²) in [6.07, 6.45) is 6.76. The second-order valence-corrected chi connectivity index (χ2v) is 7.13. The van der Waals surface area contributed by atoms with Crippen molar-refractivity contribution in [3.8, 4) is 0 Å². The van der Waals surface area contributed by atoms with Crippen LogP contribution in [0.4, 0.5) is 0 Å². The lowest BCUT2D eigenvalue weighted by molar-refractivity contribution is -0.144. The fraction of sp³-hybridized carbons (Fsp3) is 0.435. The Balaban J connectivity index is 1.51. The number of esters is 1. The summed E-state index contributed by atoms with van der Waals surface area (Å²) in [5, 5.41) is 3.45. The van der Waals surface area contributed by atoms with Gasteiger partial charge in [0.25, 0.3) is 0 Å². The number of hydrogen-bond acceptors (Lipinski definition) is 3. The molecule has 0 aromatic heterocycles. The Labute approximate surface area is 156 Å². The van der Waals surface area contributed by atoms with Crippen LogP contribution in [-0.2, 0) is 9.53 Å². The van der Waals surface area contributed by atoms with Crippen LogP contribution < -0.4 is 5.32 Å². The van der Waals surface area contributed by atoms with Gasteiger partial charge in [0, 0.05) is 6.54 Å². The Morgan fingerprint density at radius 2 is 1.50 bits per heavy atom. The molecular weight excluding hydrogens is 322 g/mol. The largest absolute Gasteiger partial charge is 0.464 e. The molecule has 0 spiro atoms. The van der Waals surface area contributed by atoms with Gasteiger partial charge in [-0.15, -0.1) is 0 Å². The van der Waals surface area contributed by atoms with Crippen molar-refractivity contribution in [2.24, 2.45) is 5.92 Å². The van der Waals surface area contributed by atoms with E-state index in [0.717, 1.165) is 30.1 Å². The summed E-state index contributed by atoms with van der Waals surface area (Å²) in [7, 11) is 0. The number of carbonyl (C=O) groups is 1. The van der Waals surface area contributed by atoms with Crippen LogP contribution in [0.3, 0.4) is 0 Å². The van der Waals surface area contributed by atoms with Gasteiger partial charge < -0.3 is 10.1 Å². The van der Waals surface area contributed by atoms with Crippen LogP contribution >= 0.6 is 0 Å². The zero-order valence-electron chi connectivity index (χ0n) is 15.4. The van der Waals surface area contributed by atoms with Crippen LogP contribution in [0.5, 0.6) is 0 Å². The van der Waals surface area contributed by atoms with Crippen molar-refractivity contribution >= 4 is 5.97 Å². The van der Waals surface area contributed by atoms with E-state index in [2.05, 4.69) is 5.32 Å². The van der Waals surface area contributed by atoms with E-state index in [1.165, 1.54) is 32.1 Å². The summed E-state index contributed by atoms with van der Waals surface area (Å²) in [4.78, 5) is 12.8. The highest BCUT2D eigenvalue weighted by Crippen LogP contribution is 2.26. The van der Waals surface area contributed by atoms with Crippen molar-refractivity contribution in [3.63, 3.8) is 0 Å². The Morgan fingerprint density at radius 3 is 2.08 bits per heavy atom. The van der Waals surface area contributed by atoms with Gasteiger partial charge in [-0.2, -0.15) is 0 Å². The van der Waals surface area contributed by atoms with E-state index in [9.17, 15) is 4.79 Å². The molecule has 0 radical (unpaired) electrons. The molecule has 0 amide bonds. The first-order valence-corrected chi connectivity index (χ1v) is 9.82. The fourth-order valence-corrected chi connectivity index (χ4v) is 3.76. The SMILES string of the molecule is O=C(OCCNCC1CCCCC1)C(c1ccccc1)c1ccccc1. The van der Waals surface area contributed by atoms with E-state index in [4.69, 9.17) is 4.74 Å². The molecule has 0 bridgehead atoms. The van der Waals surface area contributed by atoms with Crippen LogP contribution in [0, 0.1) is 5.92 Å². The first-order chi connectivity index (χ1) is 12.8. The Hall–Kier alpha value is -2.13. The third-order valence-corrected chi connectivity index (χ3v) is 5.18. The predicted octanol–water partition coefficient (Wildman–Crippen LogP) is 4.53. The van der Waals surface area contributed by atoms with Crippen molar-refractivity contribution < 1.29 is 9.53 Å². The van der Waals surface area contributed by atoms with Crippen molar-refractivity contribution in [2.75, 3.05) is 19.7 Å². The standard InChI is InChI=1S/C23H29NO2/c25-23(26-17-16-24-18-19-10-4-1-5-11-19)22(20-12-6-2-7-13-20)21-14-8-3-9-15-21/h2-3,6-9,12-15,19,22,24H,1,4-5,10-11,16-18H2. The molecule has 0 unspecified atom stereocenters. The molecule has 1 N–H and O–H groups in total. The fourth-order valence-electron chi connectivity index (χ4n) is 3.76. The summed E-state index contributed by atoms with van der Waals surface area (Å²) in [6.45, 7) is 2.18. The third kappa shape index (κ3) is 5.43. The van der Waals surface area contributed by atoms with Gasteiger partial charge in [-0.3, -0.25) is 4.79 Å². The van der Waals surface area contributed by atoms with E-state index in [1.807, 2.05) is 60.7 Å². The average molecular weight is 351 g/mol. The van der Waals surface area contributed by atoms with E-state index in [0.29, 0.717) is 6.61 Å². The highest BCUT2D eigenvalue weighted by Gasteiger charge is 2.23. The van der Waals surface area contributed by atoms with Gasteiger partial charge in [-0.25, -0.2) is 0 Å². The Kier molecular flexibility index (Phi) is 7.26. The molecule has 3 heteroatoms. The number of ether oxygens (including phenoxy) is 1. The van der Waals surface area contributed by atoms with Gasteiger partial charge in [0.2, 0.25) is 0 Å². The number of benzene rings is 2. The maximum Gasteiger partial charge on any atom is 0.317 e. The number of nitrogens with one attached hydrogen (secondary N) is 1. The number of hydrogen-bond donors (Lipinski definition) is 1. The van der Waals surface area contributed by atoms with E-state index >= 15 is 0 Å². The molecule has 0 saturated heterocycles. The van der Waals surface area contributed by atoms with Crippen molar-refractivity contribution in [2.45, 2.75) is 38.0 Å². The van der Waals surface area contributed by atoms with Crippen molar-refractivity contribution in [1.29, 1.82) is 0 Å². The van der Waals surface area contributed by atoms with Gasteiger partial charge in [-0.1, -0.05) is 79.9 Å². The van der Waals surface area contributed by atoms with Gasteiger partial charge in [0.1, 0.15) is 12.5 Å². The zero-order valence-corrected chi connectivity index (χ0v) is 15.4. The topological polar surface area (TPSA) is 38.3 Å². The summed E-state index contributed by atoms with van der Waals surface area (Å²) in [5.74, 6) is 0.249. The molecule has 1 fully saturated rings. The van der Waals surface area contributed by atoms with Gasteiger partial charge in [0.05, 0.1) is 0 Å². The van der Waals surface area contributed by atoms with Crippen LogP contribution in [-0.4, -0.2) is 25.7 Å². The maximum atomic E-state index is 12.8. The molecule has 0 heterocycles. The lowest BCUT2D eigenvalue weighted by Crippen LogP contribution is -2.29. The first kappa shape index (κ1) is 18.7. The van der Waals surface area contributed by atoms with E-state index in [-0.39, 0.29) is 11.9 Å². The maximum absolute atomic E-state index is 12.8. The second kappa shape index (κ2) is 10.1. The normalized spacial score (nSPS) is 15.1. The van der Waals surface area contributed by atoms with Crippen LogP contribution in [0.1, 0.15) is 49.1 Å². The first-order valence-electron chi connectivity index (χ1n) is 9.82. The highest BCUT2D eigenvalue weighted by molar-refractivity contribution is 5.82. The van der Waals surface area contributed by atoms with Crippen LogP contribution in [0.2, 0.25) is 0 Å². The minimum atomic E-state index is -0.365. The minimum Gasteiger partial charge on any atom is -0.464 e. The molecule has 2 aromatic carbocycles.